The number of anilines is 6. The molecule has 0 aliphatic heterocycles. The van der Waals surface area contributed by atoms with Crippen LogP contribution in [0.1, 0.15) is 109 Å². The van der Waals surface area contributed by atoms with E-state index in [1.807, 2.05) is 0 Å². The van der Waals surface area contributed by atoms with Gasteiger partial charge in [0, 0.05) is 44.0 Å². The summed E-state index contributed by atoms with van der Waals surface area (Å²) in [5.41, 5.74) is 22.7. The lowest BCUT2D eigenvalue weighted by Crippen LogP contribution is -2.26. The van der Waals surface area contributed by atoms with Crippen LogP contribution in [-0.2, 0) is 5.41 Å². The molecule has 0 N–H and O–H groups in total. The third-order valence-corrected chi connectivity index (χ3v) is 20.2. The van der Waals surface area contributed by atoms with Crippen molar-refractivity contribution in [2.24, 2.45) is 0 Å². The zero-order chi connectivity index (χ0) is 55.7. The van der Waals surface area contributed by atoms with Crippen molar-refractivity contribution < 1.29 is 8.83 Å². The molecule has 2 saturated carbocycles. The van der Waals surface area contributed by atoms with E-state index < -0.39 is 5.41 Å². The maximum atomic E-state index is 7.37. The second-order valence-corrected chi connectivity index (χ2v) is 24.6. The van der Waals surface area contributed by atoms with Crippen LogP contribution in [-0.4, -0.2) is 0 Å². The predicted octanol–water partition coefficient (Wildman–Crippen LogP) is 23.2. The van der Waals surface area contributed by atoms with E-state index in [-0.39, 0.29) is 0 Å². The molecule has 0 amide bonds. The highest BCUT2D eigenvalue weighted by molar-refractivity contribution is 6.17. The van der Waals surface area contributed by atoms with Crippen molar-refractivity contribution in [1.29, 1.82) is 0 Å². The van der Waals surface area contributed by atoms with Gasteiger partial charge in [-0.2, -0.15) is 0 Å². The van der Waals surface area contributed by atoms with Gasteiger partial charge in [0.15, 0.2) is 11.2 Å². The molecule has 85 heavy (non-hydrogen) atoms. The third-order valence-electron chi connectivity index (χ3n) is 20.2. The minimum atomic E-state index is -0.654. The van der Waals surface area contributed by atoms with Crippen LogP contribution in [0.5, 0.6) is 0 Å². The Balaban J connectivity index is 0.876. The summed E-state index contributed by atoms with van der Waals surface area (Å²) in [6, 6.07) is 91.3. The minimum absolute atomic E-state index is 0.505. The maximum Gasteiger partial charge on any atom is 0.159 e. The molecule has 12 aromatic carbocycles. The molecule has 14 aromatic rings. The Bertz CT molecular complexity index is 4950. The number of hydrogen-bond donors (Lipinski definition) is 0. The predicted molar refractivity (Wildman–Crippen MR) is 353 cm³/mol. The molecule has 4 nitrogen and oxygen atoms in total. The van der Waals surface area contributed by atoms with Gasteiger partial charge in [-0.05, 0) is 176 Å². The van der Waals surface area contributed by atoms with Crippen molar-refractivity contribution in [2.45, 2.75) is 81.5 Å². The average Bonchev–Trinajstić information content (AvgIpc) is 1.54. The van der Waals surface area contributed by atoms with Gasteiger partial charge in [-0.15, -0.1) is 0 Å². The highest BCUT2D eigenvalue weighted by atomic mass is 16.3. The Morgan fingerprint density at radius 3 is 1.36 bits per heavy atom. The lowest BCUT2D eigenvalue weighted by molar-refractivity contribution is 0.442. The van der Waals surface area contributed by atoms with Gasteiger partial charge in [0.25, 0.3) is 0 Å². The SMILES string of the molecule is c1ccc(N(c2ccc3cc4c(cc3c2)C2(c3ccccc3-c3ccccc32)c2cc(N(c3ccccc3)c3cccc5c3oc3c(C6CCCCC6)cccc35)c3ccccc3c2-4)c2cccc3c2oc2c(C4CCCCC4)cccc23)cc1. The first-order valence-electron chi connectivity index (χ1n) is 31.1. The Morgan fingerprint density at radius 2 is 0.776 bits per heavy atom. The van der Waals surface area contributed by atoms with Crippen LogP contribution in [0.25, 0.3) is 87.7 Å². The van der Waals surface area contributed by atoms with Crippen LogP contribution in [0, 0.1) is 0 Å². The van der Waals surface area contributed by atoms with Crippen molar-refractivity contribution in [1.82, 2.24) is 0 Å². The molecule has 2 aromatic heterocycles. The Kier molecular flexibility index (Phi) is 11.0. The molecule has 0 unspecified atom stereocenters. The summed E-state index contributed by atoms with van der Waals surface area (Å²) in [4.78, 5) is 4.91. The number of para-hydroxylation sites is 6. The molecule has 4 heteroatoms. The van der Waals surface area contributed by atoms with Gasteiger partial charge >= 0.3 is 0 Å². The van der Waals surface area contributed by atoms with Gasteiger partial charge in [-0.1, -0.05) is 214 Å². The average molecular weight is 1100 g/mol. The molecule has 0 bridgehead atoms. The normalized spacial score (nSPS) is 15.5. The van der Waals surface area contributed by atoms with E-state index in [2.05, 4.69) is 252 Å². The van der Waals surface area contributed by atoms with Crippen LogP contribution in [0.4, 0.5) is 34.1 Å². The fourth-order valence-corrected chi connectivity index (χ4v) is 16.5. The molecular weight excluding hydrogens is 1030 g/mol. The fourth-order valence-electron chi connectivity index (χ4n) is 16.5. The van der Waals surface area contributed by atoms with E-state index in [0.29, 0.717) is 11.8 Å². The first-order valence-corrected chi connectivity index (χ1v) is 31.1. The number of benzene rings is 12. The summed E-state index contributed by atoms with van der Waals surface area (Å²) in [5, 5.41) is 9.47. The van der Waals surface area contributed by atoms with Crippen molar-refractivity contribution in [3.8, 4) is 22.3 Å². The summed E-state index contributed by atoms with van der Waals surface area (Å²) >= 11 is 0. The van der Waals surface area contributed by atoms with Gasteiger partial charge in [-0.25, -0.2) is 0 Å². The lowest BCUT2D eigenvalue weighted by atomic mass is 9.70. The van der Waals surface area contributed by atoms with E-state index in [9.17, 15) is 0 Å². The standard InChI is InChI=1S/C81H62N2O2/c1-5-23-51(24-6-1)58-35-19-37-64-66-39-21-43-73(79(66)84-77(58)64)82(55-27-9-3-10-28-55)57-46-45-53-48-68-71(49-54(53)47-57)81(69-41-17-15-31-60(69)61-32-16-18-42-70(61)81)72-50-75(62-33-13-14-34-63(62)76(68)72)83(56-29-11-4-12-30-56)74-44-22-40-67-65-38-20-36-59(78(65)85-80(67)74)52-25-7-2-8-26-52/h3-4,9-22,27-52H,1-2,5-8,23-26H2. The Labute approximate surface area is 495 Å². The molecule has 2 fully saturated rings. The second kappa shape index (κ2) is 19.2. The molecule has 408 valence electrons. The van der Waals surface area contributed by atoms with Crippen LogP contribution >= 0.6 is 0 Å². The highest BCUT2D eigenvalue weighted by Gasteiger charge is 2.53. The maximum absolute atomic E-state index is 7.37. The number of furan rings is 2. The van der Waals surface area contributed by atoms with E-state index in [0.717, 1.165) is 67.2 Å². The molecule has 2 heterocycles. The molecule has 18 rings (SSSR count). The van der Waals surface area contributed by atoms with Crippen molar-refractivity contribution in [3.63, 3.8) is 0 Å². The summed E-state index contributed by atoms with van der Waals surface area (Å²) in [7, 11) is 0. The Hall–Kier alpha value is -9.64. The largest absolute Gasteiger partial charge is 0.454 e. The monoisotopic (exact) mass is 1090 g/mol. The van der Waals surface area contributed by atoms with Gasteiger partial charge in [0.1, 0.15) is 11.2 Å². The molecule has 4 aliphatic rings. The summed E-state index contributed by atoms with van der Waals surface area (Å²) in [5.74, 6) is 1.02. The van der Waals surface area contributed by atoms with Gasteiger partial charge in [0.2, 0.25) is 0 Å². The smallest absolute Gasteiger partial charge is 0.159 e. The molecule has 0 saturated heterocycles. The fraction of sp³-hybridized carbons (Fsp3) is 0.160. The first kappa shape index (κ1) is 48.8. The molecule has 0 atom stereocenters. The van der Waals surface area contributed by atoms with Gasteiger partial charge in [-0.3, -0.25) is 0 Å². The summed E-state index contributed by atoms with van der Waals surface area (Å²) in [6.07, 6.45) is 12.6. The highest BCUT2D eigenvalue weighted by Crippen LogP contribution is 2.66. The van der Waals surface area contributed by atoms with Crippen molar-refractivity contribution >= 4 is 99.5 Å². The molecule has 0 radical (unpaired) electrons. The second-order valence-electron chi connectivity index (χ2n) is 24.6. The summed E-state index contributed by atoms with van der Waals surface area (Å²) in [6.45, 7) is 0. The van der Waals surface area contributed by atoms with E-state index in [1.54, 1.807) is 0 Å². The number of fused-ring (bicyclic) bond motifs is 19. The topological polar surface area (TPSA) is 32.8 Å². The summed E-state index contributed by atoms with van der Waals surface area (Å²) < 4.78 is 14.6. The van der Waals surface area contributed by atoms with Crippen LogP contribution in [0.15, 0.2) is 251 Å². The zero-order valence-corrected chi connectivity index (χ0v) is 47.5. The van der Waals surface area contributed by atoms with E-state index >= 15 is 0 Å². The number of rotatable bonds is 8. The van der Waals surface area contributed by atoms with E-state index in [1.165, 1.54) is 152 Å². The van der Waals surface area contributed by atoms with Crippen molar-refractivity contribution in [3.05, 3.63) is 276 Å². The quantitative estimate of drug-likeness (QED) is 0.152. The van der Waals surface area contributed by atoms with Crippen LogP contribution in [0.2, 0.25) is 0 Å². The third kappa shape index (κ3) is 7.21. The van der Waals surface area contributed by atoms with E-state index in [4.69, 9.17) is 8.83 Å². The van der Waals surface area contributed by atoms with Crippen molar-refractivity contribution in [2.75, 3.05) is 9.80 Å². The number of hydrogen-bond acceptors (Lipinski definition) is 4. The minimum Gasteiger partial charge on any atom is -0.454 e. The zero-order valence-electron chi connectivity index (χ0n) is 47.5. The lowest BCUT2D eigenvalue weighted by Gasteiger charge is -2.33. The van der Waals surface area contributed by atoms with Crippen LogP contribution < -0.4 is 9.80 Å². The molecule has 4 aliphatic carbocycles. The molecular formula is C81H62N2O2. The van der Waals surface area contributed by atoms with Gasteiger partial charge in [0.05, 0.1) is 22.5 Å². The number of nitrogens with zero attached hydrogens (tertiary/aromatic N) is 2. The van der Waals surface area contributed by atoms with Gasteiger partial charge < -0.3 is 18.6 Å². The Morgan fingerprint density at radius 1 is 0.294 bits per heavy atom. The first-order chi connectivity index (χ1) is 42.2. The van der Waals surface area contributed by atoms with Crippen LogP contribution in [0.3, 0.4) is 0 Å². The molecule has 1 spiro atoms.